The van der Waals surface area contributed by atoms with E-state index < -0.39 is 0 Å². The van der Waals surface area contributed by atoms with Crippen molar-refractivity contribution in [1.82, 2.24) is 0 Å². The van der Waals surface area contributed by atoms with Crippen LogP contribution in [0.5, 0.6) is 0 Å². The van der Waals surface area contributed by atoms with Gasteiger partial charge in [0.1, 0.15) is 0 Å². The highest BCUT2D eigenvalue weighted by Gasteiger charge is 2.04. The molecule has 82 valence electrons. The van der Waals surface area contributed by atoms with Crippen LogP contribution in [-0.2, 0) is 0 Å². The van der Waals surface area contributed by atoms with Crippen LogP contribution in [0.1, 0.15) is 0 Å². The van der Waals surface area contributed by atoms with Gasteiger partial charge in [-0.2, -0.15) is 0 Å². The normalized spacial score (nSPS) is 10.6. The maximum absolute atomic E-state index is 9.23. The minimum absolute atomic E-state index is 1.05. The average molecular weight is 222 g/mol. The third kappa shape index (κ3) is 1.74. The highest BCUT2D eigenvalue weighted by atomic mass is 16.5. The lowest BCUT2D eigenvalue weighted by Crippen LogP contribution is -2.27. The Morgan fingerprint density at radius 3 is 2.29 bits per heavy atom. The lowest BCUT2D eigenvalue weighted by molar-refractivity contribution is -0.904. The molecule has 2 aromatic carbocycles. The quantitative estimate of drug-likeness (QED) is 0.496. The van der Waals surface area contributed by atoms with Gasteiger partial charge in [-0.25, -0.2) is 0 Å². The Morgan fingerprint density at radius 2 is 1.47 bits per heavy atom. The van der Waals surface area contributed by atoms with Crippen molar-refractivity contribution in [2.75, 3.05) is 0 Å². The number of nitrogens with zero attached hydrogens (tertiary/aromatic N) is 1. The first-order chi connectivity index (χ1) is 8.34. The first kappa shape index (κ1) is 9.85. The van der Waals surface area contributed by atoms with Gasteiger partial charge in [0.15, 0.2) is 0 Å². The Labute approximate surface area is 99.3 Å². The molecule has 1 heterocycles. The van der Waals surface area contributed by atoms with E-state index in [0.29, 0.717) is 0 Å². The van der Waals surface area contributed by atoms with E-state index in [0.717, 1.165) is 10.3 Å². The van der Waals surface area contributed by atoms with Crippen LogP contribution in [0.25, 0.3) is 21.9 Å². The number of benzene rings is 2. The van der Waals surface area contributed by atoms with Crippen molar-refractivity contribution in [3.8, 4) is 11.1 Å². The van der Waals surface area contributed by atoms with Crippen molar-refractivity contribution in [2.45, 2.75) is 0 Å². The summed E-state index contributed by atoms with van der Waals surface area (Å²) in [5, 5.41) is 11.7. The highest BCUT2D eigenvalue weighted by molar-refractivity contribution is 5.96. The number of pyridine rings is 1. The molecule has 0 spiro atoms. The fourth-order valence-electron chi connectivity index (χ4n) is 2.08. The van der Waals surface area contributed by atoms with E-state index in [-0.39, 0.29) is 0 Å². The fourth-order valence-corrected chi connectivity index (χ4v) is 2.08. The molecule has 17 heavy (non-hydrogen) atoms. The second kappa shape index (κ2) is 3.91. The minimum Gasteiger partial charge on any atom is -0.285 e. The monoisotopic (exact) mass is 222 g/mol. The van der Waals surface area contributed by atoms with Crippen molar-refractivity contribution in [3.05, 3.63) is 67.0 Å². The van der Waals surface area contributed by atoms with Gasteiger partial charge in [0.25, 0.3) is 0 Å². The van der Waals surface area contributed by atoms with Gasteiger partial charge >= 0.3 is 0 Å². The zero-order valence-electron chi connectivity index (χ0n) is 9.25. The second-order valence-electron chi connectivity index (χ2n) is 3.99. The van der Waals surface area contributed by atoms with Crippen LogP contribution in [0.15, 0.2) is 67.0 Å². The lowest BCUT2D eigenvalue weighted by Gasteiger charge is -2.05. The molecule has 0 fully saturated rings. The van der Waals surface area contributed by atoms with E-state index in [1.165, 1.54) is 16.3 Å². The molecule has 0 aliphatic heterocycles. The van der Waals surface area contributed by atoms with Gasteiger partial charge in [-0.3, -0.25) is 5.21 Å². The molecule has 0 unspecified atom stereocenters. The van der Waals surface area contributed by atoms with E-state index in [1.54, 1.807) is 12.4 Å². The van der Waals surface area contributed by atoms with Crippen LogP contribution in [0, 0.1) is 0 Å². The van der Waals surface area contributed by atoms with E-state index >= 15 is 0 Å². The molecule has 0 atom stereocenters. The Hall–Kier alpha value is -2.35. The minimum atomic E-state index is 1.05. The van der Waals surface area contributed by atoms with Gasteiger partial charge < -0.3 is 0 Å². The molecule has 0 saturated carbocycles. The summed E-state index contributed by atoms with van der Waals surface area (Å²) in [7, 11) is 0. The van der Waals surface area contributed by atoms with Crippen LogP contribution in [0.3, 0.4) is 0 Å². The molecule has 0 aliphatic rings. The Kier molecular flexibility index (Phi) is 2.26. The number of aromatic nitrogens is 1. The summed E-state index contributed by atoms with van der Waals surface area (Å²) in [6.07, 6.45) is 3.27. The van der Waals surface area contributed by atoms with Gasteiger partial charge in [-0.15, -0.1) is 0 Å². The molecule has 0 aliphatic carbocycles. The zero-order chi connectivity index (χ0) is 11.7. The summed E-state index contributed by atoms with van der Waals surface area (Å²) >= 11 is 0. The molecule has 1 N–H and O–H groups in total. The van der Waals surface area contributed by atoms with E-state index in [9.17, 15) is 5.21 Å². The molecule has 0 radical (unpaired) electrons. The zero-order valence-corrected chi connectivity index (χ0v) is 9.25. The predicted molar refractivity (Wildman–Crippen MR) is 66.8 cm³/mol. The van der Waals surface area contributed by atoms with Crippen molar-refractivity contribution in [1.29, 1.82) is 0 Å². The van der Waals surface area contributed by atoms with Crippen molar-refractivity contribution >= 4 is 10.8 Å². The summed E-state index contributed by atoms with van der Waals surface area (Å²) in [5.74, 6) is 0. The van der Waals surface area contributed by atoms with Crippen LogP contribution in [-0.4, -0.2) is 5.21 Å². The van der Waals surface area contributed by atoms with Crippen LogP contribution in [0.2, 0.25) is 0 Å². The lowest BCUT2D eigenvalue weighted by atomic mass is 9.99. The molecule has 0 saturated heterocycles. The van der Waals surface area contributed by atoms with E-state index in [1.807, 2.05) is 24.3 Å². The SMILES string of the molecule is O[n+]1ccc(-c2cccc3ccccc23)cc1. The van der Waals surface area contributed by atoms with Crippen LogP contribution in [0.4, 0.5) is 0 Å². The average Bonchev–Trinajstić information content (AvgIpc) is 2.39. The number of rotatable bonds is 1. The summed E-state index contributed by atoms with van der Waals surface area (Å²) in [5.41, 5.74) is 2.29. The molecular formula is C15H12NO+. The molecule has 0 amide bonds. The molecule has 3 aromatic rings. The third-order valence-corrected chi connectivity index (χ3v) is 2.91. The van der Waals surface area contributed by atoms with Gasteiger partial charge in [-0.05, 0) is 21.9 Å². The molecule has 3 rings (SSSR count). The summed E-state index contributed by atoms with van der Waals surface area (Å²) in [4.78, 5) is 0. The number of hydrogen-bond acceptors (Lipinski definition) is 1. The number of hydrogen-bond donors (Lipinski definition) is 1. The van der Waals surface area contributed by atoms with Gasteiger partial charge in [0, 0.05) is 16.9 Å². The standard InChI is InChI=1S/C15H12NO/c17-16-10-8-13(9-11-16)15-7-3-5-12-4-1-2-6-14(12)15/h1-11,17H/q+1. The molecule has 0 bridgehead atoms. The van der Waals surface area contributed by atoms with E-state index in [2.05, 4.69) is 30.3 Å². The smallest absolute Gasteiger partial charge is 0.222 e. The first-order valence-electron chi connectivity index (χ1n) is 5.53. The van der Waals surface area contributed by atoms with Crippen molar-refractivity contribution in [2.24, 2.45) is 0 Å². The number of fused-ring (bicyclic) bond motifs is 1. The largest absolute Gasteiger partial charge is 0.285 e. The second-order valence-corrected chi connectivity index (χ2v) is 3.99. The fraction of sp³-hybridized carbons (Fsp3) is 0. The van der Waals surface area contributed by atoms with Gasteiger partial charge in [-0.1, -0.05) is 42.5 Å². The van der Waals surface area contributed by atoms with Crippen LogP contribution < -0.4 is 4.73 Å². The maximum Gasteiger partial charge on any atom is 0.222 e. The highest BCUT2D eigenvalue weighted by Crippen LogP contribution is 2.27. The molecular weight excluding hydrogens is 210 g/mol. The van der Waals surface area contributed by atoms with Crippen molar-refractivity contribution in [3.63, 3.8) is 0 Å². The Morgan fingerprint density at radius 1 is 0.765 bits per heavy atom. The van der Waals surface area contributed by atoms with E-state index in [4.69, 9.17) is 0 Å². The Bertz CT molecular complexity index is 654. The molecule has 2 nitrogen and oxygen atoms in total. The molecule has 2 heteroatoms. The Balaban J connectivity index is 2.27. The molecule has 1 aromatic heterocycles. The maximum atomic E-state index is 9.23. The van der Waals surface area contributed by atoms with Crippen LogP contribution >= 0.6 is 0 Å². The predicted octanol–water partition coefficient (Wildman–Crippen LogP) is 3.03. The topological polar surface area (TPSA) is 24.1 Å². The summed E-state index contributed by atoms with van der Waals surface area (Å²) < 4.78 is 1.05. The van der Waals surface area contributed by atoms with Gasteiger partial charge in [0.05, 0.1) is 0 Å². The first-order valence-corrected chi connectivity index (χ1v) is 5.53. The van der Waals surface area contributed by atoms with Crippen molar-refractivity contribution < 1.29 is 9.94 Å². The van der Waals surface area contributed by atoms with Gasteiger partial charge in [0.2, 0.25) is 12.4 Å². The summed E-state index contributed by atoms with van der Waals surface area (Å²) in [6, 6.07) is 18.4. The third-order valence-electron chi connectivity index (χ3n) is 2.91. The summed E-state index contributed by atoms with van der Waals surface area (Å²) in [6.45, 7) is 0.